The Bertz CT molecular complexity index is 608. The van der Waals surface area contributed by atoms with Gasteiger partial charge in [-0.2, -0.15) is 0 Å². The maximum absolute atomic E-state index is 11.8. The molecule has 2 aliphatic rings. The van der Waals surface area contributed by atoms with Gasteiger partial charge in [0.05, 0.1) is 11.7 Å². The number of benzene rings is 1. The van der Waals surface area contributed by atoms with Crippen LogP contribution in [0.2, 0.25) is 0 Å². The first-order valence-electron chi connectivity index (χ1n) is 8.62. The molecule has 138 valence electrons. The van der Waals surface area contributed by atoms with Gasteiger partial charge in [-0.25, -0.2) is 0 Å². The SMILES string of the molecule is CN1C(=NC2CCCCCC2)SCC1N(C=O)c1ccccc1Br.Cl. The molecule has 0 radical (unpaired) electrons. The number of nitrogens with zero attached hydrogens (tertiary/aromatic N) is 3. The van der Waals surface area contributed by atoms with Gasteiger partial charge in [-0.3, -0.25) is 14.7 Å². The van der Waals surface area contributed by atoms with Crippen molar-refractivity contribution in [2.75, 3.05) is 17.7 Å². The summed E-state index contributed by atoms with van der Waals surface area (Å²) in [7, 11) is 2.05. The first-order chi connectivity index (χ1) is 11.7. The van der Waals surface area contributed by atoms with Crippen molar-refractivity contribution < 1.29 is 4.79 Å². The van der Waals surface area contributed by atoms with Crippen molar-refractivity contribution in [2.45, 2.75) is 50.7 Å². The molecular weight excluding hydrogens is 422 g/mol. The maximum Gasteiger partial charge on any atom is 0.215 e. The van der Waals surface area contributed by atoms with Gasteiger partial charge in [0.25, 0.3) is 0 Å². The minimum absolute atomic E-state index is 0. The zero-order valence-corrected chi connectivity index (χ0v) is 17.7. The minimum atomic E-state index is 0. The second kappa shape index (κ2) is 9.83. The number of halogens is 2. The van der Waals surface area contributed by atoms with Crippen molar-refractivity contribution in [3.8, 4) is 0 Å². The lowest BCUT2D eigenvalue weighted by Crippen LogP contribution is -2.45. The summed E-state index contributed by atoms with van der Waals surface area (Å²) in [6.45, 7) is 0. The monoisotopic (exact) mass is 445 g/mol. The Balaban J connectivity index is 0.00000225. The van der Waals surface area contributed by atoms with E-state index in [0.29, 0.717) is 6.04 Å². The Hall–Kier alpha value is -0.720. The summed E-state index contributed by atoms with van der Waals surface area (Å²) >= 11 is 5.32. The van der Waals surface area contributed by atoms with E-state index in [4.69, 9.17) is 4.99 Å². The lowest BCUT2D eigenvalue weighted by atomic mass is 10.1. The molecule has 1 amide bonds. The third kappa shape index (κ3) is 4.92. The van der Waals surface area contributed by atoms with Gasteiger partial charge in [-0.05, 0) is 40.9 Å². The van der Waals surface area contributed by atoms with Gasteiger partial charge in [0.1, 0.15) is 6.17 Å². The van der Waals surface area contributed by atoms with E-state index in [1.165, 1.54) is 38.5 Å². The van der Waals surface area contributed by atoms with Crippen LogP contribution in [0.15, 0.2) is 33.7 Å². The van der Waals surface area contributed by atoms with Crippen molar-refractivity contribution in [3.05, 3.63) is 28.7 Å². The topological polar surface area (TPSA) is 35.9 Å². The first-order valence-corrected chi connectivity index (χ1v) is 10.4. The Morgan fingerprint density at radius 1 is 1.24 bits per heavy atom. The Kier molecular flexibility index (Phi) is 8.10. The minimum Gasteiger partial charge on any atom is -0.333 e. The van der Waals surface area contributed by atoms with Gasteiger partial charge >= 0.3 is 0 Å². The molecule has 7 heteroatoms. The van der Waals surface area contributed by atoms with E-state index in [2.05, 4.69) is 20.8 Å². The van der Waals surface area contributed by atoms with Crippen molar-refractivity contribution in [2.24, 2.45) is 4.99 Å². The van der Waals surface area contributed by atoms with E-state index in [9.17, 15) is 4.79 Å². The number of amides is 1. The highest BCUT2D eigenvalue weighted by molar-refractivity contribution is 9.10. The molecule has 3 rings (SSSR count). The van der Waals surface area contributed by atoms with Gasteiger partial charge < -0.3 is 4.90 Å². The van der Waals surface area contributed by atoms with Crippen molar-refractivity contribution in [1.29, 1.82) is 0 Å². The number of thioether (sulfide) groups is 1. The molecule has 0 bridgehead atoms. The fourth-order valence-corrected chi connectivity index (χ4v) is 5.10. The summed E-state index contributed by atoms with van der Waals surface area (Å²) in [5.41, 5.74) is 0.903. The van der Waals surface area contributed by atoms with Crippen LogP contribution >= 0.6 is 40.1 Å². The summed E-state index contributed by atoms with van der Waals surface area (Å²) in [4.78, 5) is 20.7. The number of para-hydroxylation sites is 1. The molecule has 0 spiro atoms. The third-order valence-electron chi connectivity index (χ3n) is 4.79. The molecule has 1 heterocycles. The third-order valence-corrected chi connectivity index (χ3v) is 6.58. The summed E-state index contributed by atoms with van der Waals surface area (Å²) in [5.74, 6) is 0.849. The number of hydrogen-bond donors (Lipinski definition) is 0. The molecule has 1 unspecified atom stereocenters. The molecule has 0 N–H and O–H groups in total. The zero-order valence-electron chi connectivity index (χ0n) is 14.4. The molecule has 2 fully saturated rings. The molecule has 1 aliphatic heterocycles. The number of carbonyl (C=O) groups is 1. The summed E-state index contributed by atoms with van der Waals surface area (Å²) in [6.07, 6.45) is 8.59. The van der Waals surface area contributed by atoms with Gasteiger partial charge in [0, 0.05) is 17.3 Å². The van der Waals surface area contributed by atoms with E-state index in [0.717, 1.165) is 27.5 Å². The normalized spacial score (nSPS) is 23.2. The molecule has 1 aliphatic carbocycles. The second-order valence-electron chi connectivity index (χ2n) is 6.42. The van der Waals surface area contributed by atoms with Crippen LogP contribution in [0.3, 0.4) is 0 Å². The number of anilines is 1. The highest BCUT2D eigenvalue weighted by Crippen LogP contribution is 2.33. The molecule has 1 atom stereocenters. The maximum atomic E-state index is 11.8. The molecular formula is C18H25BrClN3OS. The van der Waals surface area contributed by atoms with E-state index in [1.54, 1.807) is 16.7 Å². The smallest absolute Gasteiger partial charge is 0.215 e. The average Bonchev–Trinajstić information content (AvgIpc) is 2.78. The lowest BCUT2D eigenvalue weighted by Gasteiger charge is -2.31. The van der Waals surface area contributed by atoms with Gasteiger partial charge in [0.2, 0.25) is 6.41 Å². The van der Waals surface area contributed by atoms with Crippen LogP contribution < -0.4 is 4.90 Å². The van der Waals surface area contributed by atoms with E-state index in [-0.39, 0.29) is 18.6 Å². The second-order valence-corrected chi connectivity index (χ2v) is 8.27. The largest absolute Gasteiger partial charge is 0.333 e. The van der Waals surface area contributed by atoms with Crippen molar-refractivity contribution in [3.63, 3.8) is 0 Å². The lowest BCUT2D eigenvalue weighted by molar-refractivity contribution is -0.108. The number of hydrogen-bond acceptors (Lipinski definition) is 3. The van der Waals surface area contributed by atoms with Crippen LogP contribution in [0.4, 0.5) is 5.69 Å². The zero-order chi connectivity index (χ0) is 16.9. The Morgan fingerprint density at radius 3 is 2.56 bits per heavy atom. The summed E-state index contributed by atoms with van der Waals surface area (Å²) in [6, 6.07) is 8.30. The number of amidine groups is 1. The quantitative estimate of drug-likeness (QED) is 0.486. The van der Waals surface area contributed by atoms with Crippen LogP contribution in [0.1, 0.15) is 38.5 Å². The van der Waals surface area contributed by atoms with Crippen LogP contribution in [-0.2, 0) is 4.79 Å². The number of carbonyl (C=O) groups excluding carboxylic acids is 1. The molecule has 1 aromatic carbocycles. The molecule has 4 nitrogen and oxygen atoms in total. The fourth-order valence-electron chi connectivity index (χ4n) is 3.38. The standard InChI is InChI=1S/C18H24BrN3OS.ClH/c1-21-17(22(13-23)16-11-7-6-10-15(16)19)12-24-18(21)20-14-8-4-2-3-5-9-14;/h6-7,10-11,13-14,17H,2-5,8-9,12H2,1H3;1H. The van der Waals surface area contributed by atoms with E-state index in [1.807, 2.05) is 31.3 Å². The Labute approximate surface area is 169 Å². The van der Waals surface area contributed by atoms with Crippen molar-refractivity contribution >= 4 is 57.4 Å². The van der Waals surface area contributed by atoms with Crippen LogP contribution in [0.25, 0.3) is 0 Å². The summed E-state index contributed by atoms with van der Waals surface area (Å²) < 4.78 is 0.935. The van der Waals surface area contributed by atoms with Gasteiger partial charge in [0.15, 0.2) is 5.17 Å². The van der Waals surface area contributed by atoms with E-state index >= 15 is 0 Å². The van der Waals surface area contributed by atoms with Gasteiger partial charge in [-0.1, -0.05) is 49.6 Å². The van der Waals surface area contributed by atoms with Crippen LogP contribution in [0.5, 0.6) is 0 Å². The molecule has 0 aromatic heterocycles. The highest BCUT2D eigenvalue weighted by Gasteiger charge is 2.33. The summed E-state index contributed by atoms with van der Waals surface area (Å²) in [5, 5.41) is 1.07. The van der Waals surface area contributed by atoms with E-state index < -0.39 is 0 Å². The average molecular weight is 447 g/mol. The van der Waals surface area contributed by atoms with Gasteiger partial charge in [-0.15, -0.1) is 12.4 Å². The predicted octanol–water partition coefficient (Wildman–Crippen LogP) is 4.92. The first kappa shape index (κ1) is 20.6. The Morgan fingerprint density at radius 2 is 1.92 bits per heavy atom. The van der Waals surface area contributed by atoms with Crippen LogP contribution in [0, 0.1) is 0 Å². The fraction of sp³-hybridized carbons (Fsp3) is 0.556. The predicted molar refractivity (Wildman–Crippen MR) is 113 cm³/mol. The molecule has 25 heavy (non-hydrogen) atoms. The van der Waals surface area contributed by atoms with Crippen molar-refractivity contribution in [1.82, 2.24) is 4.90 Å². The molecule has 1 aromatic rings. The number of rotatable bonds is 4. The highest BCUT2D eigenvalue weighted by atomic mass is 79.9. The molecule has 1 saturated heterocycles. The molecule has 1 saturated carbocycles. The van der Waals surface area contributed by atoms with Crippen LogP contribution in [-0.4, -0.2) is 41.5 Å². The number of aliphatic imine (C=N–C) groups is 1.